The molecule has 0 heterocycles. The zero-order chi connectivity index (χ0) is 47.5. The zero-order valence-electron chi connectivity index (χ0n) is 44.6. The van der Waals surface area contributed by atoms with Crippen LogP contribution in [-0.2, 0) is 28.6 Å². The van der Waals surface area contributed by atoms with Crippen LogP contribution in [0.1, 0.15) is 330 Å². The van der Waals surface area contributed by atoms with Crippen molar-refractivity contribution in [2.75, 3.05) is 13.2 Å². The van der Waals surface area contributed by atoms with Crippen molar-refractivity contribution in [3.05, 3.63) is 0 Å². The molecule has 0 aromatic heterocycles. The molecule has 0 spiro atoms. The van der Waals surface area contributed by atoms with Gasteiger partial charge < -0.3 is 14.2 Å². The number of rotatable bonds is 53. The van der Waals surface area contributed by atoms with Crippen LogP contribution in [0.25, 0.3) is 0 Å². The summed E-state index contributed by atoms with van der Waals surface area (Å²) in [6, 6.07) is 0. The molecule has 0 fully saturated rings. The molecule has 0 amide bonds. The van der Waals surface area contributed by atoms with Gasteiger partial charge in [-0.2, -0.15) is 0 Å². The lowest BCUT2D eigenvalue weighted by atomic mass is 10.0. The van der Waals surface area contributed by atoms with Crippen LogP contribution >= 0.6 is 0 Å². The molecule has 0 rings (SSSR count). The van der Waals surface area contributed by atoms with Gasteiger partial charge in [0.1, 0.15) is 13.2 Å². The smallest absolute Gasteiger partial charge is 0.306 e. The lowest BCUT2D eigenvalue weighted by molar-refractivity contribution is -0.167. The van der Waals surface area contributed by atoms with Crippen molar-refractivity contribution >= 4 is 17.9 Å². The van der Waals surface area contributed by atoms with Gasteiger partial charge in [-0.25, -0.2) is 0 Å². The summed E-state index contributed by atoms with van der Waals surface area (Å²) in [4.78, 5) is 38.0. The fourth-order valence-electron chi connectivity index (χ4n) is 9.05. The lowest BCUT2D eigenvalue weighted by Crippen LogP contribution is -2.30. The standard InChI is InChI=1S/C59H114O6/c1-6-7-8-9-10-11-12-13-14-17-21-24-27-30-33-39-44-49-57(60)63-52-56(65-59(62)51-46-41-36-35-38-43-48-55(4)5)53-64-58(61)50-45-40-34-31-28-25-22-19-16-15-18-20-23-26-29-32-37-42-47-54(2)3/h54-56H,6-53H2,1-5H3/t56-/m0/s1. The predicted octanol–water partition coefficient (Wildman–Crippen LogP) is 19.3. The summed E-state index contributed by atoms with van der Waals surface area (Å²) in [5.74, 6) is 0.772. The Bertz CT molecular complexity index is 993. The summed E-state index contributed by atoms with van der Waals surface area (Å²) in [6.45, 7) is 11.4. The molecule has 0 radical (unpaired) electrons. The van der Waals surface area contributed by atoms with Crippen LogP contribution < -0.4 is 0 Å². The van der Waals surface area contributed by atoms with E-state index in [9.17, 15) is 14.4 Å². The minimum absolute atomic E-state index is 0.0640. The molecule has 6 nitrogen and oxygen atoms in total. The van der Waals surface area contributed by atoms with Gasteiger partial charge in [0, 0.05) is 19.3 Å². The van der Waals surface area contributed by atoms with Gasteiger partial charge in [0.15, 0.2) is 6.10 Å². The van der Waals surface area contributed by atoms with Gasteiger partial charge in [-0.05, 0) is 31.1 Å². The van der Waals surface area contributed by atoms with Crippen molar-refractivity contribution < 1.29 is 28.6 Å². The molecule has 0 bridgehead atoms. The molecule has 0 saturated heterocycles. The second kappa shape index (κ2) is 51.8. The predicted molar refractivity (Wildman–Crippen MR) is 280 cm³/mol. The lowest BCUT2D eigenvalue weighted by Gasteiger charge is -2.18. The minimum Gasteiger partial charge on any atom is -0.462 e. The fraction of sp³-hybridized carbons (Fsp3) is 0.949. The first kappa shape index (κ1) is 63.4. The Kier molecular flexibility index (Phi) is 50.5. The number of carbonyl (C=O) groups excluding carboxylic acids is 3. The van der Waals surface area contributed by atoms with Gasteiger partial charge in [-0.3, -0.25) is 14.4 Å². The molecule has 6 heteroatoms. The first-order valence-electron chi connectivity index (χ1n) is 29.2. The van der Waals surface area contributed by atoms with E-state index >= 15 is 0 Å². The van der Waals surface area contributed by atoms with Crippen LogP contribution in [0.4, 0.5) is 0 Å². The molecule has 0 aliphatic carbocycles. The summed E-state index contributed by atoms with van der Waals surface area (Å²) >= 11 is 0. The van der Waals surface area contributed by atoms with Crippen LogP contribution in [0, 0.1) is 11.8 Å². The Labute approximate surface area is 406 Å². The van der Waals surface area contributed by atoms with Crippen molar-refractivity contribution in [2.24, 2.45) is 11.8 Å². The summed E-state index contributed by atoms with van der Waals surface area (Å²) < 4.78 is 16.8. The zero-order valence-corrected chi connectivity index (χ0v) is 44.6. The van der Waals surface area contributed by atoms with Crippen molar-refractivity contribution in [2.45, 2.75) is 336 Å². The molecule has 1 atom stereocenters. The van der Waals surface area contributed by atoms with E-state index in [0.717, 1.165) is 69.6 Å². The molecule has 0 aliphatic rings. The van der Waals surface area contributed by atoms with Crippen LogP contribution in [-0.4, -0.2) is 37.2 Å². The normalized spacial score (nSPS) is 12.0. The van der Waals surface area contributed by atoms with Gasteiger partial charge in [-0.1, -0.05) is 291 Å². The summed E-state index contributed by atoms with van der Waals surface area (Å²) in [6.07, 6.45) is 55.5. The third-order valence-corrected chi connectivity index (χ3v) is 13.5. The van der Waals surface area contributed by atoms with E-state index in [-0.39, 0.29) is 31.1 Å². The van der Waals surface area contributed by atoms with E-state index in [1.54, 1.807) is 0 Å². The summed E-state index contributed by atoms with van der Waals surface area (Å²) in [5.41, 5.74) is 0. The highest BCUT2D eigenvalue weighted by Gasteiger charge is 2.19. The number of carbonyl (C=O) groups is 3. The first-order chi connectivity index (χ1) is 31.7. The number of unbranched alkanes of at least 4 members (excludes halogenated alkanes) is 38. The van der Waals surface area contributed by atoms with Crippen LogP contribution in [0.2, 0.25) is 0 Å². The van der Waals surface area contributed by atoms with Crippen molar-refractivity contribution in [1.29, 1.82) is 0 Å². The van der Waals surface area contributed by atoms with Crippen LogP contribution in [0.3, 0.4) is 0 Å². The Hall–Kier alpha value is -1.59. The highest BCUT2D eigenvalue weighted by molar-refractivity contribution is 5.71. The third-order valence-electron chi connectivity index (χ3n) is 13.5. The SMILES string of the molecule is CCCCCCCCCCCCCCCCCCCC(=O)OC[C@@H](COC(=O)CCCCCCCCCCCCCCCCCCCCC(C)C)OC(=O)CCCCCCCCC(C)C. The molecule has 65 heavy (non-hydrogen) atoms. The Morgan fingerprint density at radius 1 is 0.292 bits per heavy atom. The number of hydrogen-bond acceptors (Lipinski definition) is 6. The minimum atomic E-state index is -0.763. The van der Waals surface area contributed by atoms with Gasteiger partial charge >= 0.3 is 17.9 Å². The van der Waals surface area contributed by atoms with Gasteiger partial charge in [-0.15, -0.1) is 0 Å². The highest BCUT2D eigenvalue weighted by atomic mass is 16.6. The van der Waals surface area contributed by atoms with Crippen molar-refractivity contribution in [3.63, 3.8) is 0 Å². The van der Waals surface area contributed by atoms with E-state index in [1.165, 1.54) is 218 Å². The van der Waals surface area contributed by atoms with E-state index in [1.807, 2.05) is 0 Å². The van der Waals surface area contributed by atoms with Gasteiger partial charge in [0.25, 0.3) is 0 Å². The molecule has 0 N–H and O–H groups in total. The van der Waals surface area contributed by atoms with Crippen molar-refractivity contribution in [3.8, 4) is 0 Å². The second-order valence-electron chi connectivity index (χ2n) is 21.2. The Morgan fingerprint density at radius 2 is 0.508 bits per heavy atom. The summed E-state index contributed by atoms with van der Waals surface area (Å²) in [5, 5.41) is 0. The largest absolute Gasteiger partial charge is 0.462 e. The van der Waals surface area contributed by atoms with E-state index in [0.29, 0.717) is 19.3 Å². The molecule has 0 aromatic carbocycles. The Balaban J connectivity index is 4.15. The number of ether oxygens (including phenoxy) is 3. The molecular weight excluding hydrogens is 805 g/mol. The maximum absolute atomic E-state index is 12.8. The second-order valence-corrected chi connectivity index (χ2v) is 21.2. The van der Waals surface area contributed by atoms with E-state index in [2.05, 4.69) is 34.6 Å². The van der Waals surface area contributed by atoms with Gasteiger partial charge in [0.2, 0.25) is 0 Å². The topological polar surface area (TPSA) is 78.9 Å². The number of esters is 3. The third kappa shape index (κ3) is 53.2. The average molecular weight is 920 g/mol. The van der Waals surface area contributed by atoms with Crippen LogP contribution in [0.5, 0.6) is 0 Å². The highest BCUT2D eigenvalue weighted by Crippen LogP contribution is 2.18. The molecule has 386 valence electrons. The van der Waals surface area contributed by atoms with E-state index in [4.69, 9.17) is 14.2 Å². The Morgan fingerprint density at radius 3 is 0.754 bits per heavy atom. The number of hydrogen-bond donors (Lipinski definition) is 0. The molecule has 0 saturated carbocycles. The summed E-state index contributed by atoms with van der Waals surface area (Å²) in [7, 11) is 0. The fourth-order valence-corrected chi connectivity index (χ4v) is 9.05. The molecular formula is C59H114O6. The maximum Gasteiger partial charge on any atom is 0.306 e. The first-order valence-corrected chi connectivity index (χ1v) is 29.2. The maximum atomic E-state index is 12.8. The van der Waals surface area contributed by atoms with Gasteiger partial charge in [0.05, 0.1) is 0 Å². The monoisotopic (exact) mass is 919 g/mol. The van der Waals surface area contributed by atoms with E-state index < -0.39 is 6.10 Å². The molecule has 0 aliphatic heterocycles. The van der Waals surface area contributed by atoms with Crippen LogP contribution in [0.15, 0.2) is 0 Å². The molecule has 0 unspecified atom stereocenters. The average Bonchev–Trinajstić information content (AvgIpc) is 3.28. The van der Waals surface area contributed by atoms with Crippen molar-refractivity contribution in [1.82, 2.24) is 0 Å². The molecule has 0 aromatic rings. The quantitative estimate of drug-likeness (QED) is 0.0344.